The van der Waals surface area contributed by atoms with E-state index in [0.717, 1.165) is 0 Å². The summed E-state index contributed by atoms with van der Waals surface area (Å²) in [5.41, 5.74) is 6.69. The number of aliphatic hydroxyl groups is 2. The molecule has 1 aliphatic heterocycles. The molecule has 1 aromatic heterocycles. The summed E-state index contributed by atoms with van der Waals surface area (Å²) in [4.78, 5) is 17.7. The Kier molecular flexibility index (Phi) is 7.73. The molecule has 2 aromatic carbocycles. The van der Waals surface area contributed by atoms with E-state index in [4.69, 9.17) is 19.9 Å². The number of hydrogen-bond donors (Lipinski definition) is 3. The highest BCUT2D eigenvalue weighted by Crippen LogP contribution is 2.44. The van der Waals surface area contributed by atoms with E-state index in [9.17, 15) is 19.4 Å². The number of carbonyl (C=O) groups is 1. The molecule has 202 valence electrons. The van der Waals surface area contributed by atoms with Crippen LogP contribution in [0.5, 0.6) is 17.2 Å². The molecule has 4 N–H and O–H groups in total. The third-order valence-corrected chi connectivity index (χ3v) is 6.58. The Hall–Kier alpha value is -3.53. The van der Waals surface area contributed by atoms with Crippen molar-refractivity contribution >= 4 is 5.78 Å². The Bertz CT molecular complexity index is 1320. The van der Waals surface area contributed by atoms with Crippen LogP contribution in [0.4, 0.5) is 4.39 Å². The van der Waals surface area contributed by atoms with E-state index < -0.39 is 17.2 Å². The molecule has 2 heterocycles. The fourth-order valence-electron chi connectivity index (χ4n) is 4.28. The molecular weight excluding hydrogens is 491 g/mol. The molecule has 0 unspecified atom stereocenters. The van der Waals surface area contributed by atoms with Crippen LogP contribution < -0.4 is 19.9 Å². The van der Waals surface area contributed by atoms with E-state index in [0.29, 0.717) is 45.3 Å². The molecule has 0 radical (unpaired) electrons. The minimum Gasteiger partial charge on any atom is -0.493 e. The van der Waals surface area contributed by atoms with Crippen LogP contribution in [-0.4, -0.2) is 47.4 Å². The lowest BCUT2D eigenvalue weighted by atomic mass is 9.88. The molecule has 0 aliphatic carbocycles. The molecule has 0 bridgehead atoms. The Balaban J connectivity index is 1.58. The van der Waals surface area contributed by atoms with E-state index >= 15 is 0 Å². The number of carbonyl (C=O) groups excluding carboxylic acids is 1. The van der Waals surface area contributed by atoms with Crippen LogP contribution in [0.2, 0.25) is 0 Å². The summed E-state index contributed by atoms with van der Waals surface area (Å²) in [5, 5.41) is 20.9. The molecule has 1 aliphatic rings. The van der Waals surface area contributed by atoms with Crippen LogP contribution in [0.3, 0.4) is 0 Å². The van der Waals surface area contributed by atoms with Crippen LogP contribution in [0.15, 0.2) is 48.5 Å². The van der Waals surface area contributed by atoms with Crippen molar-refractivity contribution in [3.05, 3.63) is 71.2 Å². The van der Waals surface area contributed by atoms with Gasteiger partial charge in [0.25, 0.3) is 0 Å². The maximum Gasteiger partial charge on any atom is 0.163 e. The summed E-state index contributed by atoms with van der Waals surface area (Å²) in [6.45, 7) is 5.36. The fourth-order valence-corrected chi connectivity index (χ4v) is 4.28. The second-order valence-corrected chi connectivity index (χ2v) is 10.2. The number of rotatable bonds is 10. The van der Waals surface area contributed by atoms with Crippen LogP contribution in [0.1, 0.15) is 55.2 Å². The van der Waals surface area contributed by atoms with Gasteiger partial charge in [0.2, 0.25) is 0 Å². The molecule has 0 spiro atoms. The first-order valence-corrected chi connectivity index (χ1v) is 12.4. The third kappa shape index (κ3) is 5.80. The smallest absolute Gasteiger partial charge is 0.163 e. The van der Waals surface area contributed by atoms with Crippen molar-refractivity contribution in [1.82, 2.24) is 4.98 Å². The predicted octanol–water partition coefficient (Wildman–Crippen LogP) is 4.09. The lowest BCUT2D eigenvalue weighted by Gasteiger charge is -2.25. The highest BCUT2D eigenvalue weighted by atomic mass is 19.1. The van der Waals surface area contributed by atoms with Crippen LogP contribution >= 0.6 is 0 Å². The molecule has 4 rings (SSSR count). The predicted molar refractivity (Wildman–Crippen MR) is 140 cm³/mol. The number of ketones is 1. The van der Waals surface area contributed by atoms with Gasteiger partial charge in [0, 0.05) is 23.1 Å². The van der Waals surface area contributed by atoms with Crippen molar-refractivity contribution in [2.45, 2.75) is 50.9 Å². The molecule has 0 saturated carbocycles. The quantitative estimate of drug-likeness (QED) is 0.339. The minimum absolute atomic E-state index is 0.0328. The van der Waals surface area contributed by atoms with Gasteiger partial charge in [-0.05, 0) is 75.7 Å². The van der Waals surface area contributed by atoms with Crippen molar-refractivity contribution in [3.8, 4) is 28.5 Å². The number of fused-ring (bicyclic) bond motifs is 1. The zero-order valence-electron chi connectivity index (χ0n) is 22.0. The third-order valence-electron chi connectivity index (χ3n) is 6.58. The summed E-state index contributed by atoms with van der Waals surface area (Å²) in [6.07, 6.45) is -0.528. The lowest BCUT2D eigenvalue weighted by molar-refractivity contribution is 0.0396. The van der Waals surface area contributed by atoms with Crippen LogP contribution in [0.25, 0.3) is 11.3 Å². The second-order valence-electron chi connectivity index (χ2n) is 10.2. The maximum absolute atomic E-state index is 13.6. The largest absolute Gasteiger partial charge is 0.493 e. The molecule has 3 atom stereocenters. The molecule has 0 amide bonds. The van der Waals surface area contributed by atoms with E-state index in [1.54, 1.807) is 50.2 Å². The van der Waals surface area contributed by atoms with Crippen molar-refractivity contribution in [3.63, 3.8) is 0 Å². The van der Waals surface area contributed by atoms with E-state index in [1.165, 1.54) is 19.2 Å². The summed E-state index contributed by atoms with van der Waals surface area (Å²) in [5.74, 6) is 0.713. The maximum atomic E-state index is 13.6. The first-order valence-electron chi connectivity index (χ1n) is 12.4. The van der Waals surface area contributed by atoms with Gasteiger partial charge in [0.05, 0.1) is 24.4 Å². The van der Waals surface area contributed by atoms with Gasteiger partial charge in [-0.15, -0.1) is 0 Å². The second kappa shape index (κ2) is 10.7. The number of halogens is 1. The number of hydrogen-bond acceptors (Lipinski definition) is 8. The normalized spacial score (nSPS) is 18.7. The van der Waals surface area contributed by atoms with Crippen molar-refractivity contribution in [2.75, 3.05) is 20.3 Å². The van der Waals surface area contributed by atoms with Gasteiger partial charge in [0.1, 0.15) is 30.3 Å². The monoisotopic (exact) mass is 524 g/mol. The number of benzene rings is 2. The molecular formula is C29H33FN2O6. The molecule has 9 heteroatoms. The van der Waals surface area contributed by atoms with Gasteiger partial charge in [-0.1, -0.05) is 0 Å². The number of aromatic nitrogens is 1. The molecule has 8 nitrogen and oxygen atoms in total. The summed E-state index contributed by atoms with van der Waals surface area (Å²) in [6, 6.07) is 12.4. The fraction of sp³-hybridized carbons (Fsp3) is 0.379. The number of nitrogens with zero attached hydrogens (tertiary/aromatic N) is 1. The molecule has 0 fully saturated rings. The Morgan fingerprint density at radius 3 is 2.61 bits per heavy atom. The van der Waals surface area contributed by atoms with E-state index in [1.807, 2.05) is 6.92 Å². The Morgan fingerprint density at radius 2 is 1.95 bits per heavy atom. The van der Waals surface area contributed by atoms with E-state index in [2.05, 4.69) is 4.98 Å². The van der Waals surface area contributed by atoms with Crippen LogP contribution in [-0.2, 0) is 11.1 Å². The summed E-state index contributed by atoms with van der Waals surface area (Å²) in [7, 11) is 1.47. The van der Waals surface area contributed by atoms with Gasteiger partial charge in [-0.3, -0.25) is 4.79 Å². The van der Waals surface area contributed by atoms with Crippen molar-refractivity contribution < 1.29 is 33.6 Å². The Labute approximate surface area is 221 Å². The Morgan fingerprint density at radius 1 is 1.24 bits per heavy atom. The van der Waals surface area contributed by atoms with Gasteiger partial charge in [-0.2, -0.15) is 0 Å². The topological polar surface area (TPSA) is 124 Å². The zero-order valence-corrected chi connectivity index (χ0v) is 22.0. The number of Topliss-reactive ketones (excluding diaryl/α,β-unsaturated/α-hetero) is 1. The SMILES string of the molecule is COc1cc(C(=O)CC[C@@](C)(O)c2cc3c(c(-c4ccc(F)cc4)n2)OC[C@@]3(C)N)ccc1OC[C@@H](C)O. The number of nitrogens with two attached hydrogens (primary N) is 1. The van der Waals surface area contributed by atoms with Gasteiger partial charge in [0.15, 0.2) is 23.0 Å². The highest BCUT2D eigenvalue weighted by molar-refractivity contribution is 5.96. The van der Waals surface area contributed by atoms with Crippen molar-refractivity contribution in [1.29, 1.82) is 0 Å². The van der Waals surface area contributed by atoms with Gasteiger partial charge < -0.3 is 30.2 Å². The molecule has 0 saturated heterocycles. The van der Waals surface area contributed by atoms with Gasteiger partial charge >= 0.3 is 0 Å². The van der Waals surface area contributed by atoms with Gasteiger partial charge in [-0.25, -0.2) is 9.37 Å². The average molecular weight is 525 g/mol. The minimum atomic E-state index is -1.47. The molecule has 38 heavy (non-hydrogen) atoms. The number of pyridine rings is 1. The van der Waals surface area contributed by atoms with Crippen molar-refractivity contribution in [2.24, 2.45) is 5.73 Å². The van der Waals surface area contributed by atoms with E-state index in [-0.39, 0.29) is 37.7 Å². The number of methoxy groups -OCH3 is 1. The summed E-state index contributed by atoms with van der Waals surface area (Å²) < 4.78 is 30.3. The standard InChI is InChI=1S/C29H33FN2O6/c1-17(33)15-37-23-10-7-19(13-24(23)36-4)22(34)11-12-29(3,35)25-14-21-27(38-16-28(21,2)31)26(32-25)18-5-8-20(30)9-6-18/h5-10,13-14,17,33,35H,11-12,15-16,31H2,1-4H3/t17-,28-,29-/m1/s1. The highest BCUT2D eigenvalue weighted by Gasteiger charge is 2.38. The zero-order chi connectivity index (χ0) is 27.7. The number of aliphatic hydroxyl groups excluding tert-OH is 1. The van der Waals surface area contributed by atoms with Crippen LogP contribution in [0, 0.1) is 5.82 Å². The number of ether oxygens (including phenoxy) is 3. The first kappa shape index (κ1) is 27.5. The lowest BCUT2D eigenvalue weighted by Crippen LogP contribution is -2.35. The average Bonchev–Trinajstić information content (AvgIpc) is 3.20. The summed E-state index contributed by atoms with van der Waals surface area (Å²) >= 11 is 0. The molecule has 3 aromatic rings. The first-order chi connectivity index (χ1) is 17.9.